The molecule has 2 rings (SSSR count). The van der Waals surface area contributed by atoms with Gasteiger partial charge in [0.05, 0.1) is 11.6 Å². The van der Waals surface area contributed by atoms with Gasteiger partial charge in [-0.1, -0.05) is 12.1 Å². The molecule has 1 aromatic heterocycles. The smallest absolute Gasteiger partial charge is 0.191 e. The second-order valence-corrected chi connectivity index (χ2v) is 6.63. The number of aryl methyl sites for hydroxylation is 3. The van der Waals surface area contributed by atoms with Gasteiger partial charge in [0, 0.05) is 30.6 Å². The van der Waals surface area contributed by atoms with Crippen molar-refractivity contribution >= 4 is 17.3 Å². The highest BCUT2D eigenvalue weighted by molar-refractivity contribution is 7.09. The third-order valence-corrected chi connectivity index (χ3v) is 4.54. The largest absolute Gasteiger partial charge is 0.357 e. The number of aliphatic imine (C=N–C) groups is 1. The molecule has 6 heteroatoms. The molecule has 0 atom stereocenters. The van der Waals surface area contributed by atoms with Gasteiger partial charge in [0.25, 0.3) is 0 Å². The number of benzene rings is 1. The number of hydrogen-bond donors (Lipinski definition) is 2. The topological polar surface area (TPSA) is 49.3 Å². The fraction of sp³-hybridized carbons (Fsp3) is 0.444. The standard InChI is InChI=1S/C18H25FN4S/c1-4-20-18(21-9-5-6-17-23-14(3)12-24-17)22-11-15-7-8-16(19)13(2)10-15/h7-8,10,12H,4-6,9,11H2,1-3H3,(H2,20,21,22). The van der Waals surface area contributed by atoms with Gasteiger partial charge in [0.1, 0.15) is 5.82 Å². The third kappa shape index (κ3) is 5.92. The molecule has 24 heavy (non-hydrogen) atoms. The maximum atomic E-state index is 13.3. The van der Waals surface area contributed by atoms with Gasteiger partial charge < -0.3 is 10.6 Å². The van der Waals surface area contributed by atoms with E-state index in [-0.39, 0.29) is 5.82 Å². The van der Waals surface area contributed by atoms with Crippen LogP contribution in [0.4, 0.5) is 4.39 Å². The molecule has 0 fully saturated rings. The molecule has 0 aliphatic carbocycles. The third-order valence-electron chi connectivity index (χ3n) is 3.51. The molecule has 0 saturated heterocycles. The van der Waals surface area contributed by atoms with Crippen molar-refractivity contribution in [2.75, 3.05) is 13.1 Å². The molecular formula is C18H25FN4S. The van der Waals surface area contributed by atoms with Crippen LogP contribution in [-0.4, -0.2) is 24.0 Å². The Morgan fingerprint density at radius 1 is 1.29 bits per heavy atom. The second-order valence-electron chi connectivity index (χ2n) is 5.69. The molecule has 0 spiro atoms. The van der Waals surface area contributed by atoms with E-state index in [9.17, 15) is 4.39 Å². The number of nitrogens with zero attached hydrogens (tertiary/aromatic N) is 2. The van der Waals surface area contributed by atoms with Crippen LogP contribution in [0.3, 0.4) is 0 Å². The normalized spacial score (nSPS) is 11.6. The molecule has 0 aliphatic heterocycles. The Bertz CT molecular complexity index is 681. The van der Waals surface area contributed by atoms with Gasteiger partial charge in [-0.05, 0) is 44.4 Å². The summed E-state index contributed by atoms with van der Waals surface area (Å²) in [5.41, 5.74) is 2.75. The lowest BCUT2D eigenvalue weighted by atomic mass is 10.1. The van der Waals surface area contributed by atoms with Crippen molar-refractivity contribution in [3.8, 4) is 0 Å². The molecule has 130 valence electrons. The van der Waals surface area contributed by atoms with Crippen LogP contribution in [0, 0.1) is 19.7 Å². The van der Waals surface area contributed by atoms with E-state index in [1.807, 2.05) is 19.9 Å². The van der Waals surface area contributed by atoms with E-state index < -0.39 is 0 Å². The molecule has 0 saturated carbocycles. The van der Waals surface area contributed by atoms with E-state index in [1.165, 1.54) is 11.1 Å². The van der Waals surface area contributed by atoms with Gasteiger partial charge >= 0.3 is 0 Å². The summed E-state index contributed by atoms with van der Waals surface area (Å²) in [5.74, 6) is 0.611. The van der Waals surface area contributed by atoms with E-state index in [0.29, 0.717) is 12.1 Å². The van der Waals surface area contributed by atoms with Crippen molar-refractivity contribution in [3.63, 3.8) is 0 Å². The van der Waals surface area contributed by atoms with Crippen LogP contribution >= 0.6 is 11.3 Å². The Kier molecular flexibility index (Phi) is 7.18. The minimum absolute atomic E-state index is 0.176. The molecule has 0 aliphatic rings. The summed E-state index contributed by atoms with van der Waals surface area (Å²) in [7, 11) is 0. The molecule has 1 heterocycles. The van der Waals surface area contributed by atoms with Crippen LogP contribution in [0.2, 0.25) is 0 Å². The summed E-state index contributed by atoms with van der Waals surface area (Å²) in [6.45, 7) is 8.00. The maximum Gasteiger partial charge on any atom is 0.191 e. The second kappa shape index (κ2) is 9.37. The van der Waals surface area contributed by atoms with Crippen LogP contribution in [0.15, 0.2) is 28.6 Å². The van der Waals surface area contributed by atoms with Gasteiger partial charge in [-0.15, -0.1) is 11.3 Å². The number of guanidine groups is 1. The number of rotatable bonds is 7. The van der Waals surface area contributed by atoms with Crippen molar-refractivity contribution in [1.29, 1.82) is 0 Å². The Morgan fingerprint density at radius 3 is 2.79 bits per heavy atom. The van der Waals surface area contributed by atoms with Gasteiger partial charge in [0.2, 0.25) is 0 Å². The predicted molar refractivity (Wildman–Crippen MR) is 99.1 cm³/mol. The van der Waals surface area contributed by atoms with E-state index in [0.717, 1.165) is 43.1 Å². The molecule has 1 aromatic carbocycles. The first-order valence-corrected chi connectivity index (χ1v) is 9.14. The highest BCUT2D eigenvalue weighted by Crippen LogP contribution is 2.11. The Hall–Kier alpha value is -1.95. The average molecular weight is 348 g/mol. The zero-order valence-corrected chi connectivity index (χ0v) is 15.3. The molecule has 0 amide bonds. The van der Waals surface area contributed by atoms with Crippen LogP contribution in [-0.2, 0) is 13.0 Å². The average Bonchev–Trinajstić information content (AvgIpc) is 2.97. The van der Waals surface area contributed by atoms with Crippen LogP contribution in [0.5, 0.6) is 0 Å². The summed E-state index contributed by atoms with van der Waals surface area (Å²) in [6, 6.07) is 5.12. The van der Waals surface area contributed by atoms with E-state index in [1.54, 1.807) is 24.3 Å². The first-order valence-electron chi connectivity index (χ1n) is 8.26. The summed E-state index contributed by atoms with van der Waals surface area (Å²) in [5, 5.41) is 9.83. The Balaban J connectivity index is 1.82. The fourth-order valence-electron chi connectivity index (χ4n) is 2.28. The highest BCUT2D eigenvalue weighted by Gasteiger charge is 2.02. The first-order chi connectivity index (χ1) is 11.6. The number of halogens is 1. The zero-order chi connectivity index (χ0) is 17.4. The highest BCUT2D eigenvalue weighted by atomic mass is 32.1. The van der Waals surface area contributed by atoms with E-state index in [4.69, 9.17) is 0 Å². The zero-order valence-electron chi connectivity index (χ0n) is 14.5. The van der Waals surface area contributed by atoms with Crippen LogP contribution in [0.1, 0.15) is 35.2 Å². The van der Waals surface area contributed by atoms with Crippen molar-refractivity contribution in [3.05, 3.63) is 51.2 Å². The van der Waals surface area contributed by atoms with Crippen molar-refractivity contribution in [1.82, 2.24) is 15.6 Å². The maximum absolute atomic E-state index is 13.3. The molecule has 2 aromatic rings. The van der Waals surface area contributed by atoms with Crippen LogP contribution < -0.4 is 10.6 Å². The molecule has 2 N–H and O–H groups in total. The van der Waals surface area contributed by atoms with Crippen LogP contribution in [0.25, 0.3) is 0 Å². The first kappa shape index (κ1) is 18.4. The SMILES string of the molecule is CCNC(=NCc1ccc(F)c(C)c1)NCCCc1nc(C)cs1. The lowest BCUT2D eigenvalue weighted by Crippen LogP contribution is -2.37. The van der Waals surface area contributed by atoms with Crippen molar-refractivity contribution in [2.24, 2.45) is 4.99 Å². The number of hydrogen-bond acceptors (Lipinski definition) is 3. The summed E-state index contributed by atoms with van der Waals surface area (Å²) in [6.07, 6.45) is 1.98. The predicted octanol–water partition coefficient (Wildman–Crippen LogP) is 3.59. The van der Waals surface area contributed by atoms with Gasteiger partial charge in [-0.25, -0.2) is 14.4 Å². The van der Waals surface area contributed by atoms with Gasteiger partial charge in [-0.3, -0.25) is 0 Å². The molecular weight excluding hydrogens is 323 g/mol. The summed E-state index contributed by atoms with van der Waals surface area (Å²) in [4.78, 5) is 9.03. The molecule has 0 bridgehead atoms. The van der Waals surface area contributed by atoms with E-state index >= 15 is 0 Å². The number of thiazole rings is 1. The Labute approximate surface area is 147 Å². The van der Waals surface area contributed by atoms with Gasteiger partial charge in [-0.2, -0.15) is 0 Å². The number of nitrogens with one attached hydrogen (secondary N) is 2. The number of aromatic nitrogens is 1. The minimum Gasteiger partial charge on any atom is -0.357 e. The fourth-order valence-corrected chi connectivity index (χ4v) is 3.10. The lowest BCUT2D eigenvalue weighted by Gasteiger charge is -2.11. The molecule has 4 nitrogen and oxygen atoms in total. The van der Waals surface area contributed by atoms with Gasteiger partial charge in [0.15, 0.2) is 5.96 Å². The monoisotopic (exact) mass is 348 g/mol. The lowest BCUT2D eigenvalue weighted by molar-refractivity contribution is 0.617. The summed E-state index contributed by atoms with van der Waals surface area (Å²) < 4.78 is 13.3. The van der Waals surface area contributed by atoms with Crippen molar-refractivity contribution < 1.29 is 4.39 Å². The molecule has 0 radical (unpaired) electrons. The quantitative estimate of drug-likeness (QED) is 0.457. The summed E-state index contributed by atoms with van der Waals surface area (Å²) >= 11 is 1.71. The van der Waals surface area contributed by atoms with Crippen molar-refractivity contribution in [2.45, 2.75) is 40.2 Å². The minimum atomic E-state index is -0.176. The van der Waals surface area contributed by atoms with E-state index in [2.05, 4.69) is 26.0 Å². The molecule has 0 unspecified atom stereocenters. The Morgan fingerprint density at radius 2 is 2.12 bits per heavy atom.